The Morgan fingerprint density at radius 2 is 1.54 bits per heavy atom. The minimum absolute atomic E-state index is 0.0569. The molecule has 122 valence electrons. The van der Waals surface area contributed by atoms with Crippen molar-refractivity contribution < 1.29 is 9.59 Å². The molecule has 11 heteroatoms. The number of anilines is 1. The summed E-state index contributed by atoms with van der Waals surface area (Å²) in [6, 6.07) is 1.91. The van der Waals surface area contributed by atoms with Gasteiger partial charge in [0, 0.05) is 0 Å². The predicted molar refractivity (Wildman–Crippen MR) is 92.7 cm³/mol. The summed E-state index contributed by atoms with van der Waals surface area (Å²) in [5, 5.41) is 15.5. The summed E-state index contributed by atoms with van der Waals surface area (Å²) in [6.07, 6.45) is 1.70. The largest absolute Gasteiger partial charge is 0.269 e. The fourth-order valence-corrected chi connectivity index (χ4v) is 3.78. The van der Waals surface area contributed by atoms with Crippen molar-refractivity contribution in [3.63, 3.8) is 0 Å². The Morgan fingerprint density at radius 1 is 1.04 bits per heavy atom. The Kier molecular flexibility index (Phi) is 4.45. The van der Waals surface area contributed by atoms with Crippen molar-refractivity contribution in [3.8, 4) is 6.07 Å². The number of fused-ring (bicyclic) bond motifs is 1. The summed E-state index contributed by atoms with van der Waals surface area (Å²) in [5.74, 6) is -1.60. The van der Waals surface area contributed by atoms with Crippen LogP contribution in [-0.2, 0) is 0 Å². The first kappa shape index (κ1) is 17.4. The van der Waals surface area contributed by atoms with Gasteiger partial charge in [0.1, 0.15) is 16.7 Å². The summed E-state index contributed by atoms with van der Waals surface area (Å²) in [6.45, 7) is 0. The number of thioether (sulfide) groups is 1. The van der Waals surface area contributed by atoms with E-state index in [0.717, 1.165) is 4.90 Å². The molecule has 24 heavy (non-hydrogen) atoms. The zero-order valence-corrected chi connectivity index (χ0v) is 15.4. The van der Waals surface area contributed by atoms with E-state index in [2.05, 4.69) is 10.2 Å². The van der Waals surface area contributed by atoms with Crippen LogP contribution in [0.15, 0.2) is 5.03 Å². The number of aromatic nitrogens is 2. The van der Waals surface area contributed by atoms with Gasteiger partial charge in [-0.2, -0.15) is 10.4 Å². The number of imide groups is 1. The number of carbonyl (C=O) groups excluding carboxylic acids is 2. The van der Waals surface area contributed by atoms with Gasteiger partial charge in [-0.05, 0) is 6.26 Å². The molecule has 1 aliphatic heterocycles. The number of H-pyrrole nitrogens is 1. The molecular formula is C13H4Cl4N4O2S. The van der Waals surface area contributed by atoms with Crippen molar-refractivity contribution >= 4 is 75.8 Å². The van der Waals surface area contributed by atoms with Crippen LogP contribution in [-0.4, -0.2) is 28.3 Å². The number of nitrogens with zero attached hydrogens (tertiary/aromatic N) is 3. The lowest BCUT2D eigenvalue weighted by Crippen LogP contribution is -2.30. The second kappa shape index (κ2) is 6.14. The first-order valence-corrected chi connectivity index (χ1v) is 8.85. The van der Waals surface area contributed by atoms with Gasteiger partial charge >= 0.3 is 0 Å². The lowest BCUT2D eigenvalue weighted by molar-refractivity contribution is 0.0925. The van der Waals surface area contributed by atoms with Gasteiger partial charge in [-0.15, -0.1) is 11.8 Å². The minimum Gasteiger partial charge on any atom is -0.268 e. The number of aromatic amines is 1. The quantitative estimate of drug-likeness (QED) is 0.335. The van der Waals surface area contributed by atoms with Crippen molar-refractivity contribution in [2.24, 2.45) is 0 Å². The molecule has 0 spiro atoms. The highest BCUT2D eigenvalue weighted by Gasteiger charge is 2.44. The Bertz CT molecular complexity index is 919. The fraction of sp³-hybridized carbons (Fsp3) is 0.0769. The van der Waals surface area contributed by atoms with E-state index >= 15 is 0 Å². The van der Waals surface area contributed by atoms with E-state index in [1.165, 1.54) is 11.8 Å². The minimum atomic E-state index is -0.770. The summed E-state index contributed by atoms with van der Waals surface area (Å²) in [7, 11) is 0. The zero-order chi connectivity index (χ0) is 17.8. The average molecular weight is 422 g/mol. The van der Waals surface area contributed by atoms with Crippen LogP contribution in [0.1, 0.15) is 26.3 Å². The fourth-order valence-electron chi connectivity index (χ4n) is 2.28. The van der Waals surface area contributed by atoms with Crippen molar-refractivity contribution in [1.82, 2.24) is 10.2 Å². The van der Waals surface area contributed by atoms with Crippen molar-refractivity contribution in [3.05, 3.63) is 36.8 Å². The second-order valence-electron chi connectivity index (χ2n) is 4.52. The first-order valence-electron chi connectivity index (χ1n) is 6.12. The molecule has 2 heterocycles. The predicted octanol–water partition coefficient (Wildman–Crippen LogP) is 4.42. The standard InChI is InChI=1S/C13H4Cl4N4O2S/c1-24-11-3(2-18)10(19-20-11)21-12(22)4-5(13(21)23)7(15)9(17)8(16)6(4)14/h1H3,(H,19,20). The third-order valence-corrected chi connectivity index (χ3v) is 5.83. The Balaban J connectivity index is 2.26. The molecule has 1 N–H and O–H groups in total. The Hall–Kier alpha value is -1.43. The normalized spacial score (nSPS) is 13.4. The topological polar surface area (TPSA) is 89.8 Å². The van der Waals surface area contributed by atoms with Gasteiger partial charge in [0.2, 0.25) is 0 Å². The molecule has 0 aliphatic carbocycles. The molecule has 2 aromatic rings. The molecule has 0 radical (unpaired) electrons. The maximum absolute atomic E-state index is 12.7. The number of rotatable bonds is 2. The summed E-state index contributed by atoms with van der Waals surface area (Å²) in [4.78, 5) is 26.2. The van der Waals surface area contributed by atoms with E-state index in [4.69, 9.17) is 46.4 Å². The Morgan fingerprint density at radius 3 is 1.96 bits per heavy atom. The molecule has 6 nitrogen and oxygen atoms in total. The SMILES string of the molecule is CSc1n[nH]c(N2C(=O)c3c(Cl)c(Cl)c(Cl)c(Cl)c3C2=O)c1C#N. The number of carbonyl (C=O) groups is 2. The Labute approximate surface area is 159 Å². The monoisotopic (exact) mass is 420 g/mol. The van der Waals surface area contributed by atoms with Crippen LogP contribution in [0.4, 0.5) is 5.82 Å². The molecule has 0 fully saturated rings. The van der Waals surface area contributed by atoms with Crippen LogP contribution in [0.5, 0.6) is 0 Å². The lowest BCUT2D eigenvalue weighted by Gasteiger charge is -2.11. The molecule has 0 unspecified atom stereocenters. The number of halogens is 4. The zero-order valence-electron chi connectivity index (χ0n) is 11.6. The van der Waals surface area contributed by atoms with Crippen molar-refractivity contribution in [1.29, 1.82) is 5.26 Å². The van der Waals surface area contributed by atoms with Gasteiger partial charge in [-0.3, -0.25) is 14.7 Å². The van der Waals surface area contributed by atoms with Gasteiger partial charge < -0.3 is 0 Å². The van der Waals surface area contributed by atoms with Crippen LogP contribution < -0.4 is 4.90 Å². The lowest BCUT2D eigenvalue weighted by atomic mass is 10.1. The van der Waals surface area contributed by atoms with Gasteiger partial charge in [-0.25, -0.2) is 4.90 Å². The molecule has 0 saturated carbocycles. The molecule has 2 amide bonds. The highest BCUT2D eigenvalue weighted by molar-refractivity contribution is 7.98. The summed E-state index contributed by atoms with van der Waals surface area (Å²) >= 11 is 25.2. The maximum Gasteiger partial charge on any atom is 0.269 e. The molecule has 1 aromatic heterocycles. The smallest absolute Gasteiger partial charge is 0.268 e. The average Bonchev–Trinajstić information content (AvgIpc) is 3.08. The van der Waals surface area contributed by atoms with Gasteiger partial charge in [0.05, 0.1) is 31.2 Å². The number of nitrogens with one attached hydrogen (secondary N) is 1. The third-order valence-electron chi connectivity index (χ3n) is 3.34. The molecule has 1 aromatic carbocycles. The second-order valence-corrected chi connectivity index (χ2v) is 6.83. The molecule has 1 aliphatic rings. The van der Waals surface area contributed by atoms with Gasteiger partial charge in [0.25, 0.3) is 11.8 Å². The van der Waals surface area contributed by atoms with E-state index in [1.807, 2.05) is 6.07 Å². The van der Waals surface area contributed by atoms with Crippen LogP contribution >= 0.6 is 58.2 Å². The number of hydrogen-bond donors (Lipinski definition) is 1. The maximum atomic E-state index is 12.7. The number of hydrogen-bond acceptors (Lipinski definition) is 5. The first-order chi connectivity index (χ1) is 11.3. The van der Waals surface area contributed by atoms with E-state index in [9.17, 15) is 14.9 Å². The van der Waals surface area contributed by atoms with Crippen LogP contribution in [0.25, 0.3) is 0 Å². The number of benzene rings is 1. The van der Waals surface area contributed by atoms with E-state index in [-0.39, 0.29) is 42.6 Å². The van der Waals surface area contributed by atoms with E-state index in [0.29, 0.717) is 5.03 Å². The number of nitriles is 1. The summed E-state index contributed by atoms with van der Waals surface area (Å²) in [5.41, 5.74) is -0.267. The van der Waals surface area contributed by atoms with Crippen LogP contribution in [0.2, 0.25) is 20.1 Å². The van der Waals surface area contributed by atoms with E-state index < -0.39 is 11.8 Å². The van der Waals surface area contributed by atoms with Gasteiger partial charge in [0.15, 0.2) is 5.82 Å². The van der Waals surface area contributed by atoms with Crippen molar-refractivity contribution in [2.75, 3.05) is 11.2 Å². The third kappa shape index (κ3) is 2.22. The molecule has 0 atom stereocenters. The number of amides is 2. The van der Waals surface area contributed by atoms with Crippen LogP contribution in [0.3, 0.4) is 0 Å². The summed E-state index contributed by atoms with van der Waals surface area (Å²) < 4.78 is 0. The van der Waals surface area contributed by atoms with Crippen LogP contribution in [0, 0.1) is 11.3 Å². The highest BCUT2D eigenvalue weighted by atomic mass is 35.5. The van der Waals surface area contributed by atoms with E-state index in [1.54, 1.807) is 6.26 Å². The molecule has 0 bridgehead atoms. The highest BCUT2D eigenvalue weighted by Crippen LogP contribution is 2.46. The molecular weight excluding hydrogens is 418 g/mol. The molecule has 3 rings (SSSR count). The van der Waals surface area contributed by atoms with Crippen molar-refractivity contribution in [2.45, 2.75) is 5.03 Å². The molecule has 0 saturated heterocycles. The van der Waals surface area contributed by atoms with Gasteiger partial charge in [-0.1, -0.05) is 46.4 Å².